The first kappa shape index (κ1) is 12.2. The summed E-state index contributed by atoms with van der Waals surface area (Å²) in [7, 11) is 2.20. The molecule has 0 amide bonds. The van der Waals surface area contributed by atoms with Crippen LogP contribution in [0.5, 0.6) is 0 Å². The second-order valence-corrected chi connectivity index (χ2v) is 4.90. The molecule has 1 saturated heterocycles. The van der Waals surface area contributed by atoms with Gasteiger partial charge in [0.25, 0.3) is 0 Å². The second kappa shape index (κ2) is 4.92. The summed E-state index contributed by atoms with van der Waals surface area (Å²) in [5, 5.41) is 0. The van der Waals surface area contributed by atoms with E-state index in [-0.39, 0.29) is 0 Å². The predicted molar refractivity (Wildman–Crippen MR) is 72.3 cm³/mol. The molecule has 1 aliphatic heterocycles. The Hall–Kier alpha value is -1.29. The summed E-state index contributed by atoms with van der Waals surface area (Å²) in [4.78, 5) is 9.29. The Balaban J connectivity index is 2.17. The van der Waals surface area contributed by atoms with Crippen molar-refractivity contribution in [1.82, 2.24) is 9.88 Å². The Morgan fingerprint density at radius 3 is 2.88 bits per heavy atom. The molecule has 4 heteroatoms. The van der Waals surface area contributed by atoms with Gasteiger partial charge in [0.15, 0.2) is 0 Å². The van der Waals surface area contributed by atoms with E-state index in [1.165, 1.54) is 12.0 Å². The molecule has 0 spiro atoms. The zero-order valence-electron chi connectivity index (χ0n) is 11.0. The van der Waals surface area contributed by atoms with Crippen LogP contribution >= 0.6 is 0 Å². The van der Waals surface area contributed by atoms with Crippen LogP contribution in [0.15, 0.2) is 12.3 Å². The van der Waals surface area contributed by atoms with Crippen LogP contribution < -0.4 is 10.6 Å². The highest BCUT2D eigenvalue weighted by Gasteiger charge is 2.24. The SMILES string of the molecule is CCC1CN(c2ncc(N)cc2C)CCN1C. The van der Waals surface area contributed by atoms with E-state index in [1.807, 2.05) is 6.07 Å². The van der Waals surface area contributed by atoms with E-state index in [9.17, 15) is 0 Å². The Kier molecular flexibility index (Phi) is 3.52. The molecule has 1 aromatic heterocycles. The van der Waals surface area contributed by atoms with Crippen LogP contribution in [0.3, 0.4) is 0 Å². The fourth-order valence-electron chi connectivity index (χ4n) is 2.50. The first-order valence-electron chi connectivity index (χ1n) is 6.29. The molecule has 0 aliphatic carbocycles. The number of anilines is 2. The maximum absolute atomic E-state index is 5.74. The number of rotatable bonds is 2. The highest BCUT2D eigenvalue weighted by Crippen LogP contribution is 2.22. The topological polar surface area (TPSA) is 45.4 Å². The van der Waals surface area contributed by atoms with E-state index < -0.39 is 0 Å². The maximum Gasteiger partial charge on any atom is 0.131 e. The molecule has 1 atom stereocenters. The highest BCUT2D eigenvalue weighted by molar-refractivity contribution is 5.53. The largest absolute Gasteiger partial charge is 0.397 e. The van der Waals surface area contributed by atoms with Crippen molar-refractivity contribution in [3.05, 3.63) is 17.8 Å². The van der Waals surface area contributed by atoms with Gasteiger partial charge in [-0.05, 0) is 32.0 Å². The number of likely N-dealkylation sites (N-methyl/N-ethyl adjacent to an activating group) is 1. The molecule has 1 aromatic rings. The first-order chi connectivity index (χ1) is 8.11. The number of hydrogen-bond donors (Lipinski definition) is 1. The summed E-state index contributed by atoms with van der Waals surface area (Å²) >= 11 is 0. The number of nitrogens with zero attached hydrogens (tertiary/aromatic N) is 3. The lowest BCUT2D eigenvalue weighted by Gasteiger charge is -2.40. The molecular weight excluding hydrogens is 212 g/mol. The van der Waals surface area contributed by atoms with Crippen LogP contribution in [0.25, 0.3) is 0 Å². The minimum Gasteiger partial charge on any atom is -0.397 e. The average Bonchev–Trinajstić information content (AvgIpc) is 2.30. The maximum atomic E-state index is 5.74. The number of nitrogen functional groups attached to an aromatic ring is 1. The van der Waals surface area contributed by atoms with Gasteiger partial charge < -0.3 is 10.6 Å². The van der Waals surface area contributed by atoms with Crippen molar-refractivity contribution >= 4 is 11.5 Å². The summed E-state index contributed by atoms with van der Waals surface area (Å²) in [6, 6.07) is 2.63. The first-order valence-corrected chi connectivity index (χ1v) is 6.29. The van der Waals surface area contributed by atoms with E-state index in [1.54, 1.807) is 6.20 Å². The number of aromatic nitrogens is 1. The fourth-order valence-corrected chi connectivity index (χ4v) is 2.50. The van der Waals surface area contributed by atoms with E-state index in [0.717, 1.165) is 31.1 Å². The van der Waals surface area contributed by atoms with Gasteiger partial charge in [-0.3, -0.25) is 4.90 Å². The molecule has 0 saturated carbocycles. The van der Waals surface area contributed by atoms with Crippen LogP contribution in [-0.2, 0) is 0 Å². The van der Waals surface area contributed by atoms with Crippen molar-refractivity contribution in [3.8, 4) is 0 Å². The second-order valence-electron chi connectivity index (χ2n) is 4.90. The van der Waals surface area contributed by atoms with Crippen molar-refractivity contribution in [3.63, 3.8) is 0 Å². The summed E-state index contributed by atoms with van der Waals surface area (Å²) in [5.74, 6) is 1.09. The zero-order chi connectivity index (χ0) is 12.4. The molecule has 4 nitrogen and oxygen atoms in total. The van der Waals surface area contributed by atoms with Gasteiger partial charge in [0, 0.05) is 25.7 Å². The van der Waals surface area contributed by atoms with E-state index in [4.69, 9.17) is 5.73 Å². The number of pyridine rings is 1. The lowest BCUT2D eigenvalue weighted by atomic mass is 10.1. The minimum absolute atomic E-state index is 0.627. The Morgan fingerprint density at radius 2 is 2.24 bits per heavy atom. The third kappa shape index (κ3) is 2.52. The molecule has 0 radical (unpaired) electrons. The normalized spacial score (nSPS) is 21.8. The number of aryl methyl sites for hydroxylation is 1. The molecule has 2 N–H and O–H groups in total. The lowest BCUT2D eigenvalue weighted by Crippen LogP contribution is -2.51. The van der Waals surface area contributed by atoms with Gasteiger partial charge in [-0.1, -0.05) is 6.92 Å². The number of nitrogens with two attached hydrogens (primary N) is 1. The summed E-state index contributed by atoms with van der Waals surface area (Å²) in [6.07, 6.45) is 2.93. The molecule has 0 aromatic carbocycles. The van der Waals surface area contributed by atoms with Gasteiger partial charge in [-0.25, -0.2) is 4.98 Å². The van der Waals surface area contributed by atoms with E-state index in [2.05, 4.69) is 35.7 Å². The van der Waals surface area contributed by atoms with Crippen LogP contribution in [0.2, 0.25) is 0 Å². The number of hydrogen-bond acceptors (Lipinski definition) is 4. The standard InChI is InChI=1S/C13H22N4/c1-4-12-9-17(6-5-16(12)3)13-10(2)7-11(14)8-15-13/h7-8,12H,4-6,9,14H2,1-3H3. The van der Waals surface area contributed by atoms with Crippen molar-refractivity contribution in [2.45, 2.75) is 26.3 Å². The molecule has 2 heterocycles. The Bertz CT molecular complexity index is 391. The molecular formula is C13H22N4. The van der Waals surface area contributed by atoms with E-state index in [0.29, 0.717) is 6.04 Å². The third-order valence-electron chi connectivity index (χ3n) is 3.62. The van der Waals surface area contributed by atoms with E-state index >= 15 is 0 Å². The number of piperazine rings is 1. The molecule has 94 valence electrons. The Morgan fingerprint density at radius 1 is 1.47 bits per heavy atom. The molecule has 1 unspecified atom stereocenters. The molecule has 2 rings (SSSR count). The van der Waals surface area contributed by atoms with Crippen molar-refractivity contribution in [2.75, 3.05) is 37.3 Å². The van der Waals surface area contributed by atoms with Gasteiger partial charge in [-0.15, -0.1) is 0 Å². The van der Waals surface area contributed by atoms with Gasteiger partial charge in [0.2, 0.25) is 0 Å². The zero-order valence-corrected chi connectivity index (χ0v) is 11.0. The van der Waals surface area contributed by atoms with Crippen molar-refractivity contribution in [1.29, 1.82) is 0 Å². The van der Waals surface area contributed by atoms with Crippen LogP contribution in [-0.4, -0.2) is 42.6 Å². The molecule has 17 heavy (non-hydrogen) atoms. The Labute approximate surface area is 103 Å². The fraction of sp³-hybridized carbons (Fsp3) is 0.615. The molecule has 1 fully saturated rings. The summed E-state index contributed by atoms with van der Waals surface area (Å²) in [5.41, 5.74) is 7.66. The molecule has 0 bridgehead atoms. The van der Waals surface area contributed by atoms with Gasteiger partial charge >= 0.3 is 0 Å². The minimum atomic E-state index is 0.627. The third-order valence-corrected chi connectivity index (χ3v) is 3.62. The summed E-state index contributed by atoms with van der Waals surface area (Å²) < 4.78 is 0. The molecule has 1 aliphatic rings. The van der Waals surface area contributed by atoms with Crippen molar-refractivity contribution < 1.29 is 0 Å². The lowest BCUT2D eigenvalue weighted by molar-refractivity contribution is 0.213. The van der Waals surface area contributed by atoms with Gasteiger partial charge in [0.1, 0.15) is 5.82 Å². The predicted octanol–water partition coefficient (Wildman–Crippen LogP) is 1.50. The summed E-state index contributed by atoms with van der Waals surface area (Å²) in [6.45, 7) is 7.53. The van der Waals surface area contributed by atoms with Crippen molar-refractivity contribution in [2.24, 2.45) is 0 Å². The monoisotopic (exact) mass is 234 g/mol. The van der Waals surface area contributed by atoms with Crippen LogP contribution in [0, 0.1) is 6.92 Å². The average molecular weight is 234 g/mol. The highest BCUT2D eigenvalue weighted by atomic mass is 15.3. The quantitative estimate of drug-likeness (QED) is 0.842. The van der Waals surface area contributed by atoms with Crippen LogP contribution in [0.4, 0.5) is 11.5 Å². The van der Waals surface area contributed by atoms with Crippen LogP contribution in [0.1, 0.15) is 18.9 Å². The smallest absolute Gasteiger partial charge is 0.131 e. The van der Waals surface area contributed by atoms with Gasteiger partial charge in [-0.2, -0.15) is 0 Å². The van der Waals surface area contributed by atoms with Gasteiger partial charge in [0.05, 0.1) is 11.9 Å².